The molecule has 1 heterocycles. The first-order valence-electron chi connectivity index (χ1n) is 8.73. The Labute approximate surface area is 157 Å². The van der Waals surface area contributed by atoms with Gasteiger partial charge in [-0.2, -0.15) is 0 Å². The molecule has 2 amide bonds. The number of nitrogen functional groups attached to an aromatic ring is 1. The smallest absolute Gasteiger partial charge is 0.450 e. The summed E-state index contributed by atoms with van der Waals surface area (Å²) in [5, 5.41) is 18.5. The van der Waals surface area contributed by atoms with Gasteiger partial charge in [0.2, 0.25) is 5.91 Å². The summed E-state index contributed by atoms with van der Waals surface area (Å²) in [6.07, 6.45) is 0.329. The number of ether oxygens (including phenoxy) is 1. The Morgan fingerprint density at radius 3 is 2.33 bits per heavy atom. The van der Waals surface area contributed by atoms with Crippen molar-refractivity contribution in [2.24, 2.45) is 11.7 Å². The lowest BCUT2D eigenvalue weighted by molar-refractivity contribution is -0.132. The van der Waals surface area contributed by atoms with E-state index in [1.165, 1.54) is 0 Å². The van der Waals surface area contributed by atoms with Gasteiger partial charge in [-0.25, -0.2) is 4.79 Å². The highest BCUT2D eigenvalue weighted by molar-refractivity contribution is 5.98. The normalized spacial score (nSPS) is 14.4. The monoisotopic (exact) mass is 376 g/mol. The van der Waals surface area contributed by atoms with Crippen LogP contribution in [0.1, 0.15) is 35.2 Å². The number of rotatable bonds is 7. The van der Waals surface area contributed by atoms with Crippen LogP contribution in [0.25, 0.3) is 0 Å². The zero-order chi connectivity index (χ0) is 19.8. The second-order valence-electron chi connectivity index (χ2n) is 6.40. The molecule has 1 aliphatic rings. The molecule has 0 aromatic heterocycles. The van der Waals surface area contributed by atoms with Crippen LogP contribution < -0.4 is 11.1 Å². The number of carbonyl (C=O) groups is 3. The standard InChI is InChI=1S/C18H24N4O5/c19-16(20)13-1-3-14(4-2-13)17(24)21-8-5-15(23)22-9-6-12(7-10-22)11-27-18(25)26/h1-4,12H,5-11H2,(H3,19,20)(H,21,24)(H,25,26). The maximum Gasteiger partial charge on any atom is 0.505 e. The van der Waals surface area contributed by atoms with Crippen LogP contribution in [-0.4, -0.2) is 60.1 Å². The van der Waals surface area contributed by atoms with E-state index in [2.05, 4.69) is 10.1 Å². The molecule has 1 aliphatic heterocycles. The van der Waals surface area contributed by atoms with E-state index in [-0.39, 0.29) is 43.1 Å². The number of amidine groups is 1. The van der Waals surface area contributed by atoms with Crippen molar-refractivity contribution in [1.82, 2.24) is 10.2 Å². The third kappa shape index (κ3) is 6.28. The summed E-state index contributed by atoms with van der Waals surface area (Å²) >= 11 is 0. The van der Waals surface area contributed by atoms with E-state index < -0.39 is 6.16 Å². The number of nitrogens with two attached hydrogens (primary N) is 1. The van der Waals surface area contributed by atoms with Crippen molar-refractivity contribution >= 4 is 23.8 Å². The number of hydrogen-bond donors (Lipinski definition) is 4. The fraction of sp³-hybridized carbons (Fsp3) is 0.444. The van der Waals surface area contributed by atoms with E-state index in [4.69, 9.17) is 16.2 Å². The highest BCUT2D eigenvalue weighted by atomic mass is 16.7. The predicted molar refractivity (Wildman–Crippen MR) is 97.7 cm³/mol. The lowest BCUT2D eigenvalue weighted by Crippen LogP contribution is -2.41. The molecular weight excluding hydrogens is 352 g/mol. The van der Waals surface area contributed by atoms with Gasteiger partial charge in [0.1, 0.15) is 5.84 Å². The van der Waals surface area contributed by atoms with Crippen LogP contribution in [0.15, 0.2) is 24.3 Å². The van der Waals surface area contributed by atoms with Gasteiger partial charge < -0.3 is 25.8 Å². The molecule has 0 unspecified atom stereocenters. The number of hydrogen-bond acceptors (Lipinski definition) is 5. The van der Waals surface area contributed by atoms with Crippen molar-refractivity contribution in [1.29, 1.82) is 5.41 Å². The number of likely N-dealkylation sites (tertiary alicyclic amines) is 1. The fourth-order valence-corrected chi connectivity index (χ4v) is 2.88. The molecule has 0 saturated carbocycles. The maximum atomic E-state index is 12.2. The molecule has 5 N–H and O–H groups in total. The van der Waals surface area contributed by atoms with Gasteiger partial charge in [0.25, 0.3) is 5.91 Å². The van der Waals surface area contributed by atoms with E-state index in [0.717, 1.165) is 0 Å². The summed E-state index contributed by atoms with van der Waals surface area (Å²) < 4.78 is 4.58. The molecule has 0 aliphatic carbocycles. The third-order valence-electron chi connectivity index (χ3n) is 4.49. The second-order valence-corrected chi connectivity index (χ2v) is 6.40. The minimum atomic E-state index is -1.28. The van der Waals surface area contributed by atoms with Crippen molar-refractivity contribution < 1.29 is 24.2 Å². The molecule has 0 atom stereocenters. The van der Waals surface area contributed by atoms with Crippen LogP contribution in [0, 0.1) is 11.3 Å². The topological polar surface area (TPSA) is 146 Å². The molecule has 0 spiro atoms. The molecule has 1 aromatic rings. The lowest BCUT2D eigenvalue weighted by Gasteiger charge is -2.31. The van der Waals surface area contributed by atoms with Gasteiger partial charge in [-0.3, -0.25) is 15.0 Å². The van der Waals surface area contributed by atoms with Gasteiger partial charge in [-0.05, 0) is 30.9 Å². The number of carbonyl (C=O) groups excluding carboxylic acids is 2. The van der Waals surface area contributed by atoms with Gasteiger partial charge in [0.05, 0.1) is 6.61 Å². The van der Waals surface area contributed by atoms with Crippen LogP contribution in [0.2, 0.25) is 0 Å². The maximum absolute atomic E-state index is 12.2. The fourth-order valence-electron chi connectivity index (χ4n) is 2.88. The molecule has 1 aromatic carbocycles. The zero-order valence-corrected chi connectivity index (χ0v) is 14.9. The molecule has 9 nitrogen and oxygen atoms in total. The zero-order valence-electron chi connectivity index (χ0n) is 14.9. The minimum absolute atomic E-state index is 0.0418. The number of nitrogens with one attached hydrogen (secondary N) is 2. The van der Waals surface area contributed by atoms with Crippen LogP contribution in [-0.2, 0) is 9.53 Å². The minimum Gasteiger partial charge on any atom is -0.450 e. The molecular formula is C18H24N4O5. The summed E-state index contributed by atoms with van der Waals surface area (Å²) in [7, 11) is 0. The molecule has 1 saturated heterocycles. The first-order valence-corrected chi connectivity index (χ1v) is 8.73. The number of nitrogens with zero attached hydrogens (tertiary/aromatic N) is 1. The average molecular weight is 376 g/mol. The van der Waals surface area contributed by atoms with E-state index in [0.29, 0.717) is 37.1 Å². The largest absolute Gasteiger partial charge is 0.505 e. The van der Waals surface area contributed by atoms with Crippen molar-refractivity contribution in [3.05, 3.63) is 35.4 Å². The lowest BCUT2D eigenvalue weighted by atomic mass is 9.97. The first kappa shape index (κ1) is 20.2. The van der Waals surface area contributed by atoms with E-state index >= 15 is 0 Å². The molecule has 9 heteroatoms. The van der Waals surface area contributed by atoms with E-state index in [1.807, 2.05) is 0 Å². The molecule has 146 valence electrons. The highest BCUT2D eigenvalue weighted by Crippen LogP contribution is 2.18. The molecule has 0 radical (unpaired) electrons. The second kappa shape index (κ2) is 9.56. The summed E-state index contributed by atoms with van der Waals surface area (Å²) in [6.45, 7) is 1.52. The number of benzene rings is 1. The first-order chi connectivity index (χ1) is 12.9. The van der Waals surface area contributed by atoms with Gasteiger partial charge in [0.15, 0.2) is 0 Å². The highest BCUT2D eigenvalue weighted by Gasteiger charge is 2.23. The van der Waals surface area contributed by atoms with Crippen molar-refractivity contribution in [3.8, 4) is 0 Å². The van der Waals surface area contributed by atoms with Crippen molar-refractivity contribution in [3.63, 3.8) is 0 Å². The Balaban J connectivity index is 1.69. The van der Waals surface area contributed by atoms with Gasteiger partial charge in [-0.15, -0.1) is 0 Å². The Bertz CT molecular complexity index is 696. The van der Waals surface area contributed by atoms with E-state index in [9.17, 15) is 14.4 Å². The Kier molecular flexibility index (Phi) is 7.16. The SMILES string of the molecule is N=C(N)c1ccc(C(=O)NCCC(=O)N2CCC(COC(=O)O)CC2)cc1. The van der Waals surface area contributed by atoms with Crippen LogP contribution in [0.4, 0.5) is 4.79 Å². The number of carboxylic acid groups (broad SMARTS) is 1. The molecule has 0 bridgehead atoms. The molecule has 1 fully saturated rings. The van der Waals surface area contributed by atoms with Crippen molar-refractivity contribution in [2.45, 2.75) is 19.3 Å². The molecule has 27 heavy (non-hydrogen) atoms. The van der Waals surface area contributed by atoms with Gasteiger partial charge in [0, 0.05) is 37.2 Å². The summed E-state index contributed by atoms with van der Waals surface area (Å²) in [4.78, 5) is 36.4. The Morgan fingerprint density at radius 2 is 1.78 bits per heavy atom. The van der Waals surface area contributed by atoms with E-state index in [1.54, 1.807) is 29.2 Å². The van der Waals surface area contributed by atoms with Gasteiger partial charge >= 0.3 is 6.16 Å². The van der Waals surface area contributed by atoms with Crippen LogP contribution in [0.5, 0.6) is 0 Å². The predicted octanol–water partition coefficient (Wildman–Crippen LogP) is 1.02. The molecule has 2 rings (SSSR count). The Morgan fingerprint density at radius 1 is 1.19 bits per heavy atom. The number of piperidine rings is 1. The van der Waals surface area contributed by atoms with Crippen molar-refractivity contribution in [2.75, 3.05) is 26.2 Å². The third-order valence-corrected chi connectivity index (χ3v) is 4.49. The van der Waals surface area contributed by atoms with Crippen LogP contribution in [0.3, 0.4) is 0 Å². The quantitative estimate of drug-likeness (QED) is 0.317. The summed E-state index contributed by atoms with van der Waals surface area (Å²) in [5.41, 5.74) is 6.35. The van der Waals surface area contributed by atoms with Gasteiger partial charge in [-0.1, -0.05) is 12.1 Å². The number of amides is 2. The van der Waals surface area contributed by atoms with Crippen LogP contribution >= 0.6 is 0 Å². The Hall–Kier alpha value is -3.10. The summed E-state index contributed by atoms with van der Waals surface area (Å²) in [6, 6.07) is 6.36. The average Bonchev–Trinajstić information content (AvgIpc) is 2.66. The summed E-state index contributed by atoms with van der Waals surface area (Å²) in [5.74, 6) is -0.254.